The van der Waals surface area contributed by atoms with E-state index in [2.05, 4.69) is 26.2 Å². The Hall–Kier alpha value is -2.45. The highest BCUT2D eigenvalue weighted by Crippen LogP contribution is 2.69. The summed E-state index contributed by atoms with van der Waals surface area (Å²) in [5, 5.41) is 27.9. The van der Waals surface area contributed by atoms with Crippen molar-refractivity contribution in [3.05, 3.63) is 88.2 Å². The van der Waals surface area contributed by atoms with Crippen LogP contribution in [0.25, 0.3) is 0 Å². The van der Waals surface area contributed by atoms with Crippen molar-refractivity contribution >= 4 is 15.9 Å². The number of ether oxygens (including phenoxy) is 2. The zero-order chi connectivity index (χ0) is 23.2. The van der Waals surface area contributed by atoms with E-state index in [9.17, 15) is 10.2 Å². The summed E-state index contributed by atoms with van der Waals surface area (Å²) in [7, 11) is 1.53. The van der Waals surface area contributed by atoms with Crippen molar-refractivity contribution in [1.82, 2.24) is 10.3 Å². The predicted octanol–water partition coefficient (Wildman–Crippen LogP) is 3.71. The molecule has 3 aromatic rings. The monoisotopic (exact) mass is 510 g/mol. The number of aromatic nitrogens is 1. The molecule has 2 heterocycles. The SMILES string of the molecule is CCNC[C@H]1[C@@H](O)[C@@]2(O)c3c(OC)cncc3O[C@@]2(c2ccc(Br)cc2)[C@@H]1c1ccccc1. The number of rotatable bonds is 6. The van der Waals surface area contributed by atoms with Gasteiger partial charge in [-0.2, -0.15) is 0 Å². The van der Waals surface area contributed by atoms with Crippen LogP contribution in [0.15, 0.2) is 71.5 Å². The third-order valence-corrected chi connectivity index (χ3v) is 7.60. The number of fused-ring (bicyclic) bond motifs is 3. The van der Waals surface area contributed by atoms with Gasteiger partial charge in [0.05, 0.1) is 31.2 Å². The summed E-state index contributed by atoms with van der Waals surface area (Å²) >= 11 is 3.51. The van der Waals surface area contributed by atoms with Crippen molar-refractivity contribution in [2.45, 2.75) is 30.1 Å². The van der Waals surface area contributed by atoms with E-state index in [1.165, 1.54) is 7.11 Å². The van der Waals surface area contributed by atoms with Crippen LogP contribution in [0.5, 0.6) is 11.5 Å². The molecule has 0 bridgehead atoms. The molecule has 2 aromatic carbocycles. The minimum absolute atomic E-state index is 0.327. The summed E-state index contributed by atoms with van der Waals surface area (Å²) in [5.74, 6) is 0.133. The molecule has 0 spiro atoms. The molecule has 5 rings (SSSR count). The van der Waals surface area contributed by atoms with Gasteiger partial charge >= 0.3 is 0 Å². The Morgan fingerprint density at radius 3 is 2.52 bits per heavy atom. The Balaban J connectivity index is 1.83. The van der Waals surface area contributed by atoms with Crippen molar-refractivity contribution in [3.63, 3.8) is 0 Å². The lowest BCUT2D eigenvalue weighted by molar-refractivity contribution is -0.152. The number of hydrogen-bond acceptors (Lipinski definition) is 6. The van der Waals surface area contributed by atoms with Gasteiger partial charge in [-0.25, -0.2) is 0 Å². The van der Waals surface area contributed by atoms with Crippen molar-refractivity contribution in [1.29, 1.82) is 0 Å². The van der Waals surface area contributed by atoms with Crippen LogP contribution in [0, 0.1) is 5.92 Å². The topological polar surface area (TPSA) is 83.8 Å². The molecular formula is C26H27BrN2O4. The van der Waals surface area contributed by atoms with Crippen molar-refractivity contribution in [2.75, 3.05) is 20.2 Å². The molecule has 172 valence electrons. The lowest BCUT2D eigenvalue weighted by atomic mass is 9.70. The molecule has 0 saturated heterocycles. The van der Waals surface area contributed by atoms with Crippen LogP contribution in [-0.2, 0) is 11.2 Å². The minimum Gasteiger partial charge on any atom is -0.495 e. The second-order valence-electron chi connectivity index (χ2n) is 8.63. The summed E-state index contributed by atoms with van der Waals surface area (Å²) in [5.41, 5.74) is -0.843. The fraction of sp³-hybridized carbons (Fsp3) is 0.346. The van der Waals surface area contributed by atoms with Gasteiger partial charge < -0.3 is 25.0 Å². The predicted molar refractivity (Wildman–Crippen MR) is 128 cm³/mol. The van der Waals surface area contributed by atoms with Gasteiger partial charge in [-0.15, -0.1) is 0 Å². The number of pyridine rings is 1. The number of methoxy groups -OCH3 is 1. The molecule has 1 fully saturated rings. The van der Waals surface area contributed by atoms with Crippen LogP contribution >= 0.6 is 15.9 Å². The molecule has 0 unspecified atom stereocenters. The molecule has 5 atom stereocenters. The first-order valence-electron chi connectivity index (χ1n) is 11.1. The average molecular weight is 511 g/mol. The van der Waals surface area contributed by atoms with E-state index in [1.807, 2.05) is 61.5 Å². The molecule has 6 nitrogen and oxygen atoms in total. The molecule has 1 aromatic heterocycles. The first kappa shape index (κ1) is 22.3. The van der Waals surface area contributed by atoms with E-state index >= 15 is 0 Å². The lowest BCUT2D eigenvalue weighted by Gasteiger charge is -2.41. The van der Waals surface area contributed by atoms with E-state index in [1.54, 1.807) is 12.4 Å². The van der Waals surface area contributed by atoms with E-state index in [0.717, 1.165) is 22.1 Å². The summed E-state index contributed by atoms with van der Waals surface area (Å²) in [6.45, 7) is 3.29. The molecule has 0 radical (unpaired) electrons. The summed E-state index contributed by atoms with van der Waals surface area (Å²) in [4.78, 5) is 4.25. The second kappa shape index (κ2) is 8.40. The van der Waals surface area contributed by atoms with E-state index < -0.39 is 17.3 Å². The number of nitrogens with zero attached hydrogens (tertiary/aromatic N) is 1. The molecule has 3 N–H and O–H groups in total. The lowest BCUT2D eigenvalue weighted by Crippen LogP contribution is -2.52. The molecule has 7 heteroatoms. The number of halogens is 1. The van der Waals surface area contributed by atoms with Gasteiger partial charge in [-0.1, -0.05) is 65.3 Å². The zero-order valence-electron chi connectivity index (χ0n) is 18.5. The summed E-state index contributed by atoms with van der Waals surface area (Å²) < 4.78 is 13.3. The van der Waals surface area contributed by atoms with Gasteiger partial charge in [-0.3, -0.25) is 4.98 Å². The summed E-state index contributed by atoms with van der Waals surface area (Å²) in [6.07, 6.45) is 2.02. The van der Waals surface area contributed by atoms with E-state index in [-0.39, 0.29) is 11.8 Å². The highest BCUT2D eigenvalue weighted by molar-refractivity contribution is 9.10. The normalized spacial score (nSPS) is 29.9. The molecule has 2 aliphatic rings. The molecule has 1 aliphatic carbocycles. The number of aliphatic hydroxyl groups is 2. The van der Waals surface area contributed by atoms with Gasteiger partial charge in [0, 0.05) is 22.9 Å². The maximum Gasteiger partial charge on any atom is 0.177 e. The highest BCUT2D eigenvalue weighted by atomic mass is 79.9. The first-order chi connectivity index (χ1) is 16.0. The van der Waals surface area contributed by atoms with Crippen molar-refractivity contribution in [2.24, 2.45) is 5.92 Å². The van der Waals surface area contributed by atoms with Gasteiger partial charge in [0.15, 0.2) is 11.2 Å². The van der Waals surface area contributed by atoms with Gasteiger partial charge in [0.1, 0.15) is 11.5 Å². The third-order valence-electron chi connectivity index (χ3n) is 7.08. The van der Waals surface area contributed by atoms with E-state index in [4.69, 9.17) is 9.47 Å². The molecule has 1 saturated carbocycles. The first-order valence-corrected chi connectivity index (χ1v) is 11.9. The zero-order valence-corrected chi connectivity index (χ0v) is 20.1. The second-order valence-corrected chi connectivity index (χ2v) is 9.55. The quantitative estimate of drug-likeness (QED) is 0.468. The maximum absolute atomic E-state index is 12.6. The molecule has 33 heavy (non-hydrogen) atoms. The number of nitrogens with one attached hydrogen (secondary N) is 1. The smallest absolute Gasteiger partial charge is 0.177 e. The number of benzene rings is 2. The Morgan fingerprint density at radius 1 is 1.12 bits per heavy atom. The van der Waals surface area contributed by atoms with Gasteiger partial charge in [-0.05, 0) is 29.8 Å². The third kappa shape index (κ3) is 3.06. The largest absolute Gasteiger partial charge is 0.495 e. The average Bonchev–Trinajstić information content (AvgIpc) is 3.21. The standard InChI is InChI=1S/C26H27BrN2O4/c1-3-28-13-19-22(16-7-5-4-6-8-16)26(17-9-11-18(27)12-10-17)25(31,24(19)30)23-20(32-2)14-29-15-21(23)33-26/h4-12,14-15,19,22,24,28,30-31H,3,13H2,1-2H3/t19-,22-,24-,25+,26+/m1/s1. The van der Waals surface area contributed by atoms with E-state index in [0.29, 0.717) is 23.6 Å². The van der Waals surface area contributed by atoms with Crippen molar-refractivity contribution < 1.29 is 19.7 Å². The van der Waals surface area contributed by atoms with Gasteiger partial charge in [0.2, 0.25) is 0 Å². The molecule has 1 aliphatic heterocycles. The van der Waals surface area contributed by atoms with Crippen LogP contribution in [-0.4, -0.2) is 41.5 Å². The Labute approximate surface area is 201 Å². The molecule has 0 amide bonds. The Kier molecular flexibility index (Phi) is 5.69. The van der Waals surface area contributed by atoms with Crippen LogP contribution in [0.2, 0.25) is 0 Å². The summed E-state index contributed by atoms with van der Waals surface area (Å²) in [6, 6.07) is 17.7. The number of hydrogen-bond donors (Lipinski definition) is 3. The van der Waals surface area contributed by atoms with Crippen LogP contribution in [0.1, 0.15) is 29.5 Å². The number of aliphatic hydroxyl groups excluding tert-OH is 1. The molecular weight excluding hydrogens is 484 g/mol. The fourth-order valence-electron chi connectivity index (χ4n) is 5.77. The van der Waals surface area contributed by atoms with Crippen molar-refractivity contribution in [3.8, 4) is 11.5 Å². The van der Waals surface area contributed by atoms with Crippen LogP contribution < -0.4 is 14.8 Å². The van der Waals surface area contributed by atoms with Crippen LogP contribution in [0.4, 0.5) is 0 Å². The maximum atomic E-state index is 12.6. The minimum atomic E-state index is -1.76. The fourth-order valence-corrected chi connectivity index (χ4v) is 6.03. The Morgan fingerprint density at radius 2 is 1.85 bits per heavy atom. The highest BCUT2D eigenvalue weighted by Gasteiger charge is 2.76. The Bertz CT molecular complexity index is 1140. The van der Waals surface area contributed by atoms with Crippen LogP contribution in [0.3, 0.4) is 0 Å². The van der Waals surface area contributed by atoms with Gasteiger partial charge in [0.25, 0.3) is 0 Å².